The molecule has 1 atom stereocenters. The van der Waals surface area contributed by atoms with E-state index in [4.69, 9.17) is 14.2 Å². The van der Waals surface area contributed by atoms with Crippen molar-refractivity contribution in [1.82, 2.24) is 0 Å². The van der Waals surface area contributed by atoms with Gasteiger partial charge in [-0.2, -0.15) is 0 Å². The lowest BCUT2D eigenvalue weighted by Gasteiger charge is -2.18. The van der Waals surface area contributed by atoms with Gasteiger partial charge in [-0.25, -0.2) is 0 Å². The highest BCUT2D eigenvalue weighted by atomic mass is 16.6. The van der Waals surface area contributed by atoms with Crippen LogP contribution >= 0.6 is 0 Å². The van der Waals surface area contributed by atoms with Gasteiger partial charge in [0.1, 0.15) is 13.2 Å². The first kappa shape index (κ1) is 50.1. The average molecular weight is 735 g/mol. The summed E-state index contributed by atoms with van der Waals surface area (Å²) in [5.41, 5.74) is 0. The predicted molar refractivity (Wildman–Crippen MR) is 220 cm³/mol. The lowest BCUT2D eigenvalue weighted by molar-refractivity contribution is -0.167. The molecule has 0 aliphatic heterocycles. The molecule has 0 amide bonds. The van der Waals surface area contributed by atoms with E-state index in [2.05, 4.69) is 32.9 Å². The molecule has 0 spiro atoms. The summed E-state index contributed by atoms with van der Waals surface area (Å²) >= 11 is 0. The first-order valence-electron chi connectivity index (χ1n) is 22.7. The third kappa shape index (κ3) is 39.4. The fourth-order valence-corrected chi connectivity index (χ4v) is 6.55. The Balaban J connectivity index is 4.18. The van der Waals surface area contributed by atoms with Gasteiger partial charge in [-0.1, -0.05) is 193 Å². The molecular formula is C46H86O6. The molecule has 0 aromatic rings. The minimum atomic E-state index is -0.761. The van der Waals surface area contributed by atoms with Gasteiger partial charge >= 0.3 is 17.9 Å². The van der Waals surface area contributed by atoms with Crippen molar-refractivity contribution < 1.29 is 28.6 Å². The van der Waals surface area contributed by atoms with Gasteiger partial charge in [-0.15, -0.1) is 0 Å². The van der Waals surface area contributed by atoms with Gasteiger partial charge in [0.05, 0.1) is 0 Å². The topological polar surface area (TPSA) is 78.9 Å². The van der Waals surface area contributed by atoms with Gasteiger partial charge in [0.15, 0.2) is 6.10 Å². The molecule has 52 heavy (non-hydrogen) atoms. The quantitative estimate of drug-likeness (QED) is 0.0269. The molecular weight excluding hydrogens is 648 g/mol. The van der Waals surface area contributed by atoms with E-state index in [1.807, 2.05) is 0 Å². The molecule has 0 aliphatic rings. The van der Waals surface area contributed by atoms with Crippen LogP contribution in [-0.2, 0) is 28.6 Å². The number of esters is 3. The van der Waals surface area contributed by atoms with Crippen molar-refractivity contribution in [1.29, 1.82) is 0 Å². The van der Waals surface area contributed by atoms with E-state index in [9.17, 15) is 14.4 Å². The molecule has 0 heterocycles. The second-order valence-corrected chi connectivity index (χ2v) is 15.3. The number of carbonyl (C=O) groups excluding carboxylic acids is 3. The van der Waals surface area contributed by atoms with Crippen LogP contribution in [-0.4, -0.2) is 37.2 Å². The van der Waals surface area contributed by atoms with Crippen LogP contribution in [0.25, 0.3) is 0 Å². The van der Waals surface area contributed by atoms with E-state index in [-0.39, 0.29) is 31.1 Å². The van der Waals surface area contributed by atoms with Crippen LogP contribution in [0.2, 0.25) is 0 Å². The summed E-state index contributed by atoms with van der Waals surface area (Å²) in [4.78, 5) is 37.5. The maximum atomic E-state index is 12.6. The Labute approximate surface area is 322 Å². The van der Waals surface area contributed by atoms with Gasteiger partial charge < -0.3 is 14.2 Å². The van der Waals surface area contributed by atoms with Crippen molar-refractivity contribution in [3.8, 4) is 0 Å². The van der Waals surface area contributed by atoms with Crippen LogP contribution < -0.4 is 0 Å². The maximum absolute atomic E-state index is 12.6. The van der Waals surface area contributed by atoms with Crippen LogP contribution in [0.1, 0.15) is 245 Å². The molecule has 0 aromatic carbocycles. The summed E-state index contributed by atoms with van der Waals surface area (Å²) < 4.78 is 16.6. The zero-order valence-electron chi connectivity index (χ0n) is 34.8. The molecule has 0 N–H and O–H groups in total. The van der Waals surface area contributed by atoms with E-state index in [1.165, 1.54) is 148 Å². The molecule has 0 aliphatic carbocycles. The Morgan fingerprint density at radius 1 is 0.365 bits per heavy atom. The summed E-state index contributed by atoms with van der Waals surface area (Å²) in [6.45, 7) is 6.57. The van der Waals surface area contributed by atoms with Gasteiger partial charge in [-0.3, -0.25) is 14.4 Å². The SMILES string of the molecule is CCCCCCCCC/C=C\CCCCCCCCCC(=O)OCC(COC(=O)CCCCCCCC)OC(=O)CCCCCCCCCCCC. The Kier molecular flexibility index (Phi) is 40.4. The number of hydrogen-bond acceptors (Lipinski definition) is 6. The van der Waals surface area contributed by atoms with E-state index in [0.717, 1.165) is 57.8 Å². The molecule has 306 valence electrons. The van der Waals surface area contributed by atoms with Gasteiger partial charge in [-0.05, 0) is 44.9 Å². The summed E-state index contributed by atoms with van der Waals surface area (Å²) in [5, 5.41) is 0. The monoisotopic (exact) mass is 735 g/mol. The minimum absolute atomic E-state index is 0.0687. The Morgan fingerprint density at radius 3 is 0.962 bits per heavy atom. The van der Waals surface area contributed by atoms with E-state index < -0.39 is 6.10 Å². The predicted octanol–water partition coefficient (Wildman–Crippen LogP) is 14.3. The zero-order valence-corrected chi connectivity index (χ0v) is 34.8. The molecule has 0 radical (unpaired) electrons. The zero-order chi connectivity index (χ0) is 38.0. The van der Waals surface area contributed by atoms with Crippen LogP contribution in [0.15, 0.2) is 12.2 Å². The van der Waals surface area contributed by atoms with Gasteiger partial charge in [0.25, 0.3) is 0 Å². The fourth-order valence-electron chi connectivity index (χ4n) is 6.55. The second-order valence-electron chi connectivity index (χ2n) is 15.3. The molecule has 1 unspecified atom stereocenters. The van der Waals surface area contributed by atoms with Crippen LogP contribution in [0.4, 0.5) is 0 Å². The lowest BCUT2D eigenvalue weighted by Crippen LogP contribution is -2.30. The Morgan fingerprint density at radius 2 is 0.635 bits per heavy atom. The number of allylic oxidation sites excluding steroid dienone is 2. The van der Waals surface area contributed by atoms with E-state index >= 15 is 0 Å². The minimum Gasteiger partial charge on any atom is -0.462 e. The molecule has 0 saturated carbocycles. The van der Waals surface area contributed by atoms with Crippen LogP contribution in [0, 0.1) is 0 Å². The van der Waals surface area contributed by atoms with Crippen molar-refractivity contribution in [2.75, 3.05) is 13.2 Å². The van der Waals surface area contributed by atoms with Gasteiger partial charge in [0.2, 0.25) is 0 Å². The van der Waals surface area contributed by atoms with E-state index in [1.54, 1.807) is 0 Å². The van der Waals surface area contributed by atoms with E-state index in [0.29, 0.717) is 19.3 Å². The standard InChI is InChI=1S/C46H86O6/c1-4-7-10-13-16-18-20-21-22-23-24-25-26-27-29-30-33-36-39-45(48)51-42-43(41-50-44(47)38-35-32-15-12-9-6-3)52-46(49)40-37-34-31-28-19-17-14-11-8-5-2/h22-23,43H,4-21,24-42H2,1-3H3/b23-22-. The van der Waals surface area contributed by atoms with Crippen molar-refractivity contribution >= 4 is 17.9 Å². The van der Waals surface area contributed by atoms with Crippen molar-refractivity contribution in [2.45, 2.75) is 252 Å². The number of unbranched alkanes of at least 4 members (excludes halogenated alkanes) is 28. The number of hydrogen-bond donors (Lipinski definition) is 0. The third-order valence-corrected chi connectivity index (χ3v) is 10.0. The summed E-state index contributed by atoms with van der Waals surface area (Å²) in [6, 6.07) is 0. The molecule has 0 aromatic heterocycles. The maximum Gasteiger partial charge on any atom is 0.306 e. The highest BCUT2D eigenvalue weighted by Gasteiger charge is 2.19. The van der Waals surface area contributed by atoms with Crippen LogP contribution in [0.5, 0.6) is 0 Å². The van der Waals surface area contributed by atoms with Crippen molar-refractivity contribution in [2.24, 2.45) is 0 Å². The lowest BCUT2D eigenvalue weighted by atomic mass is 10.1. The van der Waals surface area contributed by atoms with Crippen LogP contribution in [0.3, 0.4) is 0 Å². The normalized spacial score (nSPS) is 12.0. The summed E-state index contributed by atoms with van der Waals surface area (Å²) in [5.74, 6) is -0.877. The molecule has 0 bridgehead atoms. The first-order chi connectivity index (χ1) is 25.5. The molecule has 6 nitrogen and oxygen atoms in total. The smallest absolute Gasteiger partial charge is 0.306 e. The highest BCUT2D eigenvalue weighted by molar-refractivity contribution is 5.71. The number of ether oxygens (including phenoxy) is 3. The second kappa shape index (κ2) is 41.9. The first-order valence-corrected chi connectivity index (χ1v) is 22.7. The van der Waals surface area contributed by atoms with Gasteiger partial charge in [0, 0.05) is 19.3 Å². The summed E-state index contributed by atoms with van der Waals surface area (Å²) in [7, 11) is 0. The Hall–Kier alpha value is -1.85. The summed E-state index contributed by atoms with van der Waals surface area (Å²) in [6.07, 6.45) is 43.6. The fraction of sp³-hybridized carbons (Fsp3) is 0.891. The molecule has 0 saturated heterocycles. The number of rotatable bonds is 41. The third-order valence-electron chi connectivity index (χ3n) is 10.0. The number of carbonyl (C=O) groups is 3. The average Bonchev–Trinajstić information content (AvgIpc) is 3.14. The van der Waals surface area contributed by atoms with Crippen molar-refractivity contribution in [3.63, 3.8) is 0 Å². The highest BCUT2D eigenvalue weighted by Crippen LogP contribution is 2.14. The molecule has 0 fully saturated rings. The Bertz CT molecular complexity index is 809. The van der Waals surface area contributed by atoms with Crippen molar-refractivity contribution in [3.05, 3.63) is 12.2 Å². The molecule has 6 heteroatoms. The molecule has 0 rings (SSSR count). The largest absolute Gasteiger partial charge is 0.462 e.